The van der Waals surface area contributed by atoms with E-state index in [1.54, 1.807) is 0 Å². The molecule has 2 heteroatoms. The molecular weight excluding hydrogens is 240 g/mol. The Bertz CT molecular complexity index is 294. The molecule has 2 atom stereocenters. The third-order valence-corrected chi connectivity index (χ3v) is 3.59. The lowest BCUT2D eigenvalue weighted by Crippen LogP contribution is -2.22. The van der Waals surface area contributed by atoms with E-state index in [1.165, 1.54) is 17.5 Å². The molecule has 14 heavy (non-hydrogen) atoms. The van der Waals surface area contributed by atoms with Gasteiger partial charge in [0.25, 0.3) is 0 Å². The smallest absolute Gasteiger partial charge is 0.0949 e. The second-order valence-electron chi connectivity index (χ2n) is 3.86. The molecule has 0 aromatic heterocycles. The zero-order valence-corrected chi connectivity index (χ0v) is 9.96. The first-order chi connectivity index (χ1) is 6.77. The number of hydrogen-bond acceptors (Lipinski definition) is 1. The normalized spacial score (nSPS) is 27.6. The van der Waals surface area contributed by atoms with Crippen LogP contribution in [0.1, 0.15) is 30.1 Å². The van der Waals surface area contributed by atoms with Gasteiger partial charge in [0.15, 0.2) is 0 Å². The van der Waals surface area contributed by atoms with Crippen molar-refractivity contribution in [3.63, 3.8) is 0 Å². The zero-order chi connectivity index (χ0) is 9.97. The molecule has 1 aliphatic heterocycles. The summed E-state index contributed by atoms with van der Waals surface area (Å²) < 4.78 is 5.77. The topological polar surface area (TPSA) is 9.23 Å². The second kappa shape index (κ2) is 4.45. The quantitative estimate of drug-likeness (QED) is 0.696. The van der Waals surface area contributed by atoms with Crippen LogP contribution in [0.2, 0.25) is 0 Å². The van der Waals surface area contributed by atoms with E-state index in [0.717, 1.165) is 13.0 Å². The average Bonchev–Trinajstić information content (AvgIpc) is 2.20. The average molecular weight is 255 g/mol. The van der Waals surface area contributed by atoms with Gasteiger partial charge < -0.3 is 4.74 Å². The molecule has 1 aromatic rings. The van der Waals surface area contributed by atoms with E-state index in [0.29, 0.717) is 4.83 Å². The third-order valence-electron chi connectivity index (χ3n) is 2.66. The maximum atomic E-state index is 5.77. The van der Waals surface area contributed by atoms with Gasteiger partial charge >= 0.3 is 0 Å². The lowest BCUT2D eigenvalue weighted by atomic mass is 10.0. The number of rotatable bonds is 1. The summed E-state index contributed by atoms with van der Waals surface area (Å²) in [6, 6.07) is 8.62. The monoisotopic (exact) mass is 254 g/mol. The Labute approximate surface area is 93.6 Å². The number of benzene rings is 1. The summed E-state index contributed by atoms with van der Waals surface area (Å²) in [7, 11) is 0. The predicted molar refractivity (Wildman–Crippen MR) is 61.8 cm³/mol. The largest absolute Gasteiger partial charge is 0.372 e. The van der Waals surface area contributed by atoms with E-state index in [1.807, 2.05) is 0 Å². The molecule has 1 nitrogen and oxygen atoms in total. The lowest BCUT2D eigenvalue weighted by molar-refractivity contribution is 0.0217. The van der Waals surface area contributed by atoms with Crippen molar-refractivity contribution in [3.05, 3.63) is 35.4 Å². The van der Waals surface area contributed by atoms with Crippen LogP contribution < -0.4 is 0 Å². The van der Waals surface area contributed by atoms with E-state index in [-0.39, 0.29) is 6.10 Å². The van der Waals surface area contributed by atoms with Gasteiger partial charge in [-0.1, -0.05) is 45.8 Å². The zero-order valence-electron chi connectivity index (χ0n) is 8.37. The first-order valence-electron chi connectivity index (χ1n) is 5.09. The number of ether oxygens (including phenoxy) is 1. The van der Waals surface area contributed by atoms with Crippen molar-refractivity contribution >= 4 is 15.9 Å². The molecule has 0 amide bonds. The number of halogens is 1. The Morgan fingerprint density at radius 2 is 2.00 bits per heavy atom. The molecule has 0 radical (unpaired) electrons. The summed E-state index contributed by atoms with van der Waals surface area (Å²) in [6.07, 6.45) is 2.61. The molecule has 2 rings (SSSR count). The molecule has 0 N–H and O–H groups in total. The van der Waals surface area contributed by atoms with Gasteiger partial charge in [0.1, 0.15) is 0 Å². The fraction of sp³-hybridized carbons (Fsp3) is 0.500. The Morgan fingerprint density at radius 3 is 2.64 bits per heavy atom. The van der Waals surface area contributed by atoms with Gasteiger partial charge in [0, 0.05) is 11.4 Å². The summed E-state index contributed by atoms with van der Waals surface area (Å²) in [5.74, 6) is 0. The Kier molecular flexibility index (Phi) is 3.24. The fourth-order valence-electron chi connectivity index (χ4n) is 1.81. The summed E-state index contributed by atoms with van der Waals surface area (Å²) in [4.78, 5) is 0.471. The fourth-order valence-corrected chi connectivity index (χ4v) is 2.59. The molecule has 1 aliphatic rings. The van der Waals surface area contributed by atoms with Gasteiger partial charge in [-0.25, -0.2) is 0 Å². The number of aryl methyl sites for hydroxylation is 1. The Balaban J connectivity index is 2.16. The highest BCUT2D eigenvalue weighted by Gasteiger charge is 2.24. The second-order valence-corrected chi connectivity index (χ2v) is 5.04. The number of hydrogen-bond donors (Lipinski definition) is 0. The van der Waals surface area contributed by atoms with Crippen molar-refractivity contribution in [1.82, 2.24) is 0 Å². The van der Waals surface area contributed by atoms with E-state index in [2.05, 4.69) is 47.1 Å². The van der Waals surface area contributed by atoms with Gasteiger partial charge in [-0.15, -0.1) is 0 Å². The molecule has 0 saturated carbocycles. The molecule has 1 saturated heterocycles. The number of alkyl halides is 1. The van der Waals surface area contributed by atoms with Gasteiger partial charge in [0.05, 0.1) is 6.10 Å². The van der Waals surface area contributed by atoms with Gasteiger partial charge in [0.2, 0.25) is 0 Å². The van der Waals surface area contributed by atoms with Crippen LogP contribution in [0, 0.1) is 6.92 Å². The van der Waals surface area contributed by atoms with Crippen LogP contribution in [0.5, 0.6) is 0 Å². The van der Waals surface area contributed by atoms with Crippen LogP contribution in [0.15, 0.2) is 24.3 Å². The van der Waals surface area contributed by atoms with E-state index in [4.69, 9.17) is 4.74 Å². The highest BCUT2D eigenvalue weighted by molar-refractivity contribution is 9.09. The molecule has 0 spiro atoms. The standard InChI is InChI=1S/C12H15BrO/c1-9-4-6-10(7-5-9)12-11(13)3-2-8-14-12/h4-7,11-12H,2-3,8H2,1H3. The summed E-state index contributed by atoms with van der Waals surface area (Å²) in [5.41, 5.74) is 2.59. The minimum atomic E-state index is 0.240. The van der Waals surface area contributed by atoms with Crippen molar-refractivity contribution in [3.8, 4) is 0 Å². The Morgan fingerprint density at radius 1 is 1.29 bits per heavy atom. The van der Waals surface area contributed by atoms with Gasteiger partial charge in [-0.3, -0.25) is 0 Å². The molecule has 1 aromatic carbocycles. The molecule has 0 bridgehead atoms. The molecule has 1 fully saturated rings. The molecule has 0 aliphatic carbocycles. The van der Waals surface area contributed by atoms with E-state index < -0.39 is 0 Å². The van der Waals surface area contributed by atoms with Crippen molar-refractivity contribution < 1.29 is 4.74 Å². The van der Waals surface area contributed by atoms with Crippen LogP contribution in [0.25, 0.3) is 0 Å². The van der Waals surface area contributed by atoms with Crippen LogP contribution in [-0.2, 0) is 4.74 Å². The van der Waals surface area contributed by atoms with Crippen LogP contribution in [0.4, 0.5) is 0 Å². The highest BCUT2D eigenvalue weighted by atomic mass is 79.9. The third kappa shape index (κ3) is 2.18. The summed E-state index contributed by atoms with van der Waals surface area (Å²) >= 11 is 3.68. The van der Waals surface area contributed by atoms with Crippen LogP contribution in [0.3, 0.4) is 0 Å². The van der Waals surface area contributed by atoms with Crippen LogP contribution in [-0.4, -0.2) is 11.4 Å². The maximum Gasteiger partial charge on any atom is 0.0949 e. The molecule has 76 valence electrons. The predicted octanol–water partition coefficient (Wildman–Crippen LogP) is 3.61. The Hall–Kier alpha value is -0.340. The van der Waals surface area contributed by atoms with Crippen molar-refractivity contribution in [1.29, 1.82) is 0 Å². The molecule has 2 unspecified atom stereocenters. The van der Waals surface area contributed by atoms with Gasteiger partial charge in [-0.05, 0) is 25.3 Å². The maximum absolute atomic E-state index is 5.77. The lowest BCUT2D eigenvalue weighted by Gasteiger charge is -2.28. The molecular formula is C12H15BrO. The summed E-state index contributed by atoms with van der Waals surface area (Å²) in [6.45, 7) is 3.00. The minimum Gasteiger partial charge on any atom is -0.372 e. The van der Waals surface area contributed by atoms with Crippen molar-refractivity contribution in [2.24, 2.45) is 0 Å². The SMILES string of the molecule is Cc1ccc(C2OCCCC2Br)cc1. The van der Waals surface area contributed by atoms with Crippen molar-refractivity contribution in [2.45, 2.75) is 30.7 Å². The minimum absolute atomic E-state index is 0.240. The van der Waals surface area contributed by atoms with E-state index >= 15 is 0 Å². The van der Waals surface area contributed by atoms with Crippen molar-refractivity contribution in [2.75, 3.05) is 6.61 Å². The first kappa shape index (κ1) is 10.2. The van der Waals surface area contributed by atoms with Gasteiger partial charge in [-0.2, -0.15) is 0 Å². The van der Waals surface area contributed by atoms with E-state index in [9.17, 15) is 0 Å². The molecule has 1 heterocycles. The first-order valence-corrected chi connectivity index (χ1v) is 6.01. The highest BCUT2D eigenvalue weighted by Crippen LogP contribution is 2.33. The van der Waals surface area contributed by atoms with Crippen LogP contribution >= 0.6 is 15.9 Å². The summed E-state index contributed by atoms with van der Waals surface area (Å²) in [5, 5.41) is 0.